The minimum atomic E-state index is -0.218. The number of carbonyl (C=O) groups excluding carboxylic acids is 1. The zero-order valence-electron chi connectivity index (χ0n) is 14.3. The van der Waals surface area contributed by atoms with E-state index in [4.69, 9.17) is 11.1 Å². The Bertz CT molecular complexity index is 914. The normalized spacial score (nSPS) is 10.5. The molecule has 1 heterocycles. The molecule has 0 atom stereocenters. The van der Waals surface area contributed by atoms with E-state index in [1.165, 1.54) is 7.11 Å². The fourth-order valence-corrected chi connectivity index (χ4v) is 2.50. The van der Waals surface area contributed by atoms with Gasteiger partial charge in [0, 0.05) is 23.1 Å². The number of hydrogen-bond donors (Lipinski definition) is 3. The van der Waals surface area contributed by atoms with E-state index in [2.05, 4.69) is 19.9 Å². The molecule has 0 saturated carbocycles. The van der Waals surface area contributed by atoms with Gasteiger partial charge >= 0.3 is 5.97 Å². The van der Waals surface area contributed by atoms with E-state index < -0.39 is 0 Å². The Labute approximate surface area is 150 Å². The van der Waals surface area contributed by atoms with Gasteiger partial charge in [-0.3, -0.25) is 15.3 Å². The molecule has 0 amide bonds. The molecule has 3 aromatic rings. The molecule has 0 fully saturated rings. The molecule has 0 aliphatic heterocycles. The minimum absolute atomic E-state index is 0.0273. The van der Waals surface area contributed by atoms with Crippen LogP contribution in [0.15, 0.2) is 48.5 Å². The molecular weight excluding hydrogens is 330 g/mol. The maximum atomic E-state index is 11.2. The van der Waals surface area contributed by atoms with Crippen LogP contribution in [0.4, 0.5) is 0 Å². The number of nitrogen functional groups attached to an aromatic ring is 1. The Morgan fingerprint density at radius 3 is 2.38 bits per heavy atom. The Hall–Kier alpha value is -3.48. The summed E-state index contributed by atoms with van der Waals surface area (Å²) in [6.07, 6.45) is 0.996. The van der Waals surface area contributed by atoms with Gasteiger partial charge in [0.15, 0.2) is 11.6 Å². The smallest absolute Gasteiger partial charge is 0.305 e. The number of rotatable bonds is 6. The van der Waals surface area contributed by atoms with E-state index in [1.54, 1.807) is 12.1 Å². The Morgan fingerprint density at radius 2 is 1.77 bits per heavy atom. The SMILES string of the molecule is COC(=O)CCc1ccc(-c2nc(-c3ccc(C(=N)N)cc3)n[nH]2)cc1. The monoisotopic (exact) mass is 349 g/mol. The third kappa shape index (κ3) is 3.94. The fourth-order valence-electron chi connectivity index (χ4n) is 2.50. The standard InChI is InChI=1S/C19H19N5O2/c1-26-16(25)11-4-12-2-5-14(6-3-12)18-22-19(24-23-18)15-9-7-13(8-10-15)17(20)21/h2-3,5-10H,4,11H2,1H3,(H3,20,21)(H,22,23,24). The van der Waals surface area contributed by atoms with Crippen molar-refractivity contribution in [1.29, 1.82) is 5.41 Å². The second kappa shape index (κ2) is 7.60. The van der Waals surface area contributed by atoms with Gasteiger partial charge in [0.2, 0.25) is 0 Å². The van der Waals surface area contributed by atoms with Crippen molar-refractivity contribution in [3.8, 4) is 22.8 Å². The first-order valence-electron chi connectivity index (χ1n) is 8.10. The molecule has 7 nitrogen and oxygen atoms in total. The molecule has 4 N–H and O–H groups in total. The first-order valence-corrected chi connectivity index (χ1v) is 8.10. The number of esters is 1. The van der Waals surface area contributed by atoms with Crippen LogP contribution in [-0.4, -0.2) is 34.1 Å². The summed E-state index contributed by atoms with van der Waals surface area (Å²) < 4.78 is 4.65. The molecule has 0 aliphatic carbocycles. The molecule has 0 unspecified atom stereocenters. The lowest BCUT2D eigenvalue weighted by molar-refractivity contribution is -0.140. The number of carbonyl (C=O) groups is 1. The quantitative estimate of drug-likeness (QED) is 0.359. The molecule has 1 aromatic heterocycles. The fraction of sp³-hybridized carbons (Fsp3) is 0.158. The zero-order chi connectivity index (χ0) is 18.5. The molecule has 0 radical (unpaired) electrons. The molecule has 2 aromatic carbocycles. The lowest BCUT2D eigenvalue weighted by Crippen LogP contribution is -2.10. The van der Waals surface area contributed by atoms with Crippen molar-refractivity contribution in [3.63, 3.8) is 0 Å². The molecule has 0 aliphatic rings. The van der Waals surface area contributed by atoms with Crippen LogP contribution >= 0.6 is 0 Å². The van der Waals surface area contributed by atoms with Crippen LogP contribution in [0.1, 0.15) is 17.5 Å². The molecule has 0 bridgehead atoms. The van der Waals surface area contributed by atoms with Crippen molar-refractivity contribution in [3.05, 3.63) is 59.7 Å². The van der Waals surface area contributed by atoms with Crippen molar-refractivity contribution >= 4 is 11.8 Å². The number of amidine groups is 1. The number of methoxy groups -OCH3 is 1. The number of nitrogens with two attached hydrogens (primary N) is 1. The topological polar surface area (TPSA) is 118 Å². The van der Waals surface area contributed by atoms with Crippen molar-refractivity contribution in [2.75, 3.05) is 7.11 Å². The largest absolute Gasteiger partial charge is 0.469 e. The second-order valence-corrected chi connectivity index (χ2v) is 5.77. The van der Waals surface area contributed by atoms with E-state index in [-0.39, 0.29) is 11.8 Å². The second-order valence-electron chi connectivity index (χ2n) is 5.77. The van der Waals surface area contributed by atoms with E-state index >= 15 is 0 Å². The summed E-state index contributed by atoms with van der Waals surface area (Å²) in [5.41, 5.74) is 8.92. The van der Waals surface area contributed by atoms with Gasteiger partial charge in [-0.05, 0) is 12.0 Å². The molecular formula is C19H19N5O2. The third-order valence-electron chi connectivity index (χ3n) is 4.01. The van der Waals surface area contributed by atoms with Crippen LogP contribution in [0.3, 0.4) is 0 Å². The van der Waals surface area contributed by atoms with Crippen molar-refractivity contribution in [2.24, 2.45) is 5.73 Å². The maximum Gasteiger partial charge on any atom is 0.305 e. The highest BCUT2D eigenvalue weighted by molar-refractivity contribution is 5.95. The number of aromatic amines is 1. The Morgan fingerprint density at radius 1 is 1.12 bits per heavy atom. The van der Waals surface area contributed by atoms with Crippen LogP contribution in [0.25, 0.3) is 22.8 Å². The number of nitrogens with one attached hydrogen (secondary N) is 2. The molecule has 0 saturated heterocycles. The van der Waals surface area contributed by atoms with Crippen LogP contribution in [0, 0.1) is 5.41 Å². The van der Waals surface area contributed by atoms with Crippen LogP contribution < -0.4 is 5.73 Å². The number of aryl methyl sites for hydroxylation is 1. The van der Waals surface area contributed by atoms with Crippen molar-refractivity contribution in [2.45, 2.75) is 12.8 Å². The van der Waals surface area contributed by atoms with Gasteiger partial charge in [-0.1, -0.05) is 48.5 Å². The van der Waals surface area contributed by atoms with E-state index in [0.29, 0.717) is 30.1 Å². The average Bonchev–Trinajstić information content (AvgIpc) is 3.16. The molecule has 3 rings (SSSR count). The van der Waals surface area contributed by atoms with Gasteiger partial charge in [-0.25, -0.2) is 4.98 Å². The number of nitrogens with zero attached hydrogens (tertiary/aromatic N) is 2. The van der Waals surface area contributed by atoms with Crippen LogP contribution in [0.5, 0.6) is 0 Å². The minimum Gasteiger partial charge on any atom is -0.469 e. The number of ether oxygens (including phenoxy) is 1. The summed E-state index contributed by atoms with van der Waals surface area (Å²) in [6, 6.07) is 15.0. The number of H-pyrrole nitrogens is 1. The van der Waals surface area contributed by atoms with E-state index in [0.717, 1.165) is 16.7 Å². The summed E-state index contributed by atoms with van der Waals surface area (Å²) in [7, 11) is 1.39. The molecule has 26 heavy (non-hydrogen) atoms. The molecule has 0 spiro atoms. The summed E-state index contributed by atoms with van der Waals surface area (Å²) in [5.74, 6) is 1.05. The number of hydrogen-bond acceptors (Lipinski definition) is 5. The van der Waals surface area contributed by atoms with Crippen LogP contribution in [0.2, 0.25) is 0 Å². The maximum absolute atomic E-state index is 11.2. The zero-order valence-corrected chi connectivity index (χ0v) is 14.3. The van der Waals surface area contributed by atoms with Gasteiger partial charge < -0.3 is 10.5 Å². The van der Waals surface area contributed by atoms with Crippen molar-refractivity contribution < 1.29 is 9.53 Å². The highest BCUT2D eigenvalue weighted by Gasteiger charge is 2.09. The summed E-state index contributed by atoms with van der Waals surface area (Å²) in [4.78, 5) is 15.7. The van der Waals surface area contributed by atoms with Gasteiger partial charge in [0.25, 0.3) is 0 Å². The van der Waals surface area contributed by atoms with E-state index in [1.807, 2.05) is 36.4 Å². The number of aromatic nitrogens is 3. The van der Waals surface area contributed by atoms with Gasteiger partial charge in [-0.2, -0.15) is 5.10 Å². The Kier molecular flexibility index (Phi) is 5.07. The van der Waals surface area contributed by atoms with Gasteiger partial charge in [0.1, 0.15) is 5.84 Å². The summed E-state index contributed by atoms with van der Waals surface area (Å²) >= 11 is 0. The Balaban J connectivity index is 1.73. The lowest BCUT2D eigenvalue weighted by Gasteiger charge is -2.02. The summed E-state index contributed by atoms with van der Waals surface area (Å²) in [6.45, 7) is 0. The van der Waals surface area contributed by atoms with E-state index in [9.17, 15) is 4.79 Å². The van der Waals surface area contributed by atoms with Crippen molar-refractivity contribution in [1.82, 2.24) is 15.2 Å². The highest BCUT2D eigenvalue weighted by atomic mass is 16.5. The molecule has 132 valence electrons. The third-order valence-corrected chi connectivity index (χ3v) is 4.01. The molecule has 7 heteroatoms. The highest BCUT2D eigenvalue weighted by Crippen LogP contribution is 2.21. The predicted molar refractivity (Wildman–Crippen MR) is 98.6 cm³/mol. The summed E-state index contributed by atoms with van der Waals surface area (Å²) in [5, 5.41) is 14.6. The average molecular weight is 349 g/mol. The van der Waals surface area contributed by atoms with Gasteiger partial charge in [0.05, 0.1) is 7.11 Å². The first kappa shape index (κ1) is 17.3. The van der Waals surface area contributed by atoms with Crippen LogP contribution in [-0.2, 0) is 16.0 Å². The first-order chi connectivity index (χ1) is 12.6. The van der Waals surface area contributed by atoms with Gasteiger partial charge in [-0.15, -0.1) is 0 Å². The lowest BCUT2D eigenvalue weighted by atomic mass is 10.1. The number of benzene rings is 2. The predicted octanol–water partition coefficient (Wildman–Crippen LogP) is 2.53.